The van der Waals surface area contributed by atoms with E-state index in [-0.39, 0.29) is 11.9 Å². The zero-order valence-corrected chi connectivity index (χ0v) is 11.6. The van der Waals surface area contributed by atoms with Gasteiger partial charge in [-0.15, -0.1) is 0 Å². The lowest BCUT2D eigenvalue weighted by Crippen LogP contribution is -2.38. The zero-order chi connectivity index (χ0) is 15.5. The molecule has 1 amide bonds. The summed E-state index contributed by atoms with van der Waals surface area (Å²) < 4.78 is 14.8. The van der Waals surface area contributed by atoms with Crippen molar-refractivity contribution in [1.82, 2.24) is 14.9 Å². The van der Waals surface area contributed by atoms with Gasteiger partial charge in [0.25, 0.3) is 5.91 Å². The van der Waals surface area contributed by atoms with Crippen molar-refractivity contribution in [2.75, 3.05) is 13.1 Å². The van der Waals surface area contributed by atoms with Crippen LogP contribution in [0.15, 0.2) is 35.7 Å². The Bertz CT molecular complexity index is 747. The highest BCUT2D eigenvalue weighted by molar-refractivity contribution is 5.95. The second-order valence-electron chi connectivity index (χ2n) is 5.00. The largest absolute Gasteiger partial charge is 0.349 e. The van der Waals surface area contributed by atoms with E-state index in [1.54, 1.807) is 12.1 Å². The molecule has 22 heavy (non-hydrogen) atoms. The van der Waals surface area contributed by atoms with Gasteiger partial charge in [-0.1, -0.05) is 5.11 Å². The Hall–Kier alpha value is -2.86. The minimum Gasteiger partial charge on any atom is -0.349 e. The first-order valence-electron chi connectivity index (χ1n) is 6.82. The first-order valence-corrected chi connectivity index (χ1v) is 6.82. The number of hydrogen-bond donors (Lipinski definition) is 1. The molecule has 1 aliphatic rings. The van der Waals surface area contributed by atoms with Gasteiger partial charge in [0.1, 0.15) is 5.69 Å². The van der Waals surface area contributed by atoms with E-state index < -0.39 is 5.95 Å². The Morgan fingerprint density at radius 2 is 2.36 bits per heavy atom. The maximum absolute atomic E-state index is 12.9. The predicted molar refractivity (Wildman–Crippen MR) is 77.6 cm³/mol. The third kappa shape index (κ3) is 2.64. The average Bonchev–Trinajstić information content (AvgIpc) is 2.97. The van der Waals surface area contributed by atoms with Gasteiger partial charge in [0.15, 0.2) is 0 Å². The van der Waals surface area contributed by atoms with Crippen molar-refractivity contribution in [1.29, 1.82) is 0 Å². The van der Waals surface area contributed by atoms with E-state index >= 15 is 0 Å². The normalized spacial score (nSPS) is 16.6. The smallest absolute Gasteiger partial charge is 0.268 e. The van der Waals surface area contributed by atoms with Gasteiger partial charge in [0.2, 0.25) is 5.95 Å². The highest BCUT2D eigenvalue weighted by atomic mass is 19.1. The molecule has 0 aromatic carbocycles. The van der Waals surface area contributed by atoms with Crippen LogP contribution in [0.3, 0.4) is 0 Å². The number of aromatic nitrogens is 2. The summed E-state index contributed by atoms with van der Waals surface area (Å²) >= 11 is 0. The van der Waals surface area contributed by atoms with E-state index in [1.165, 1.54) is 12.3 Å². The number of fused-ring (bicyclic) bond motifs is 1. The molecule has 2 aromatic rings. The summed E-state index contributed by atoms with van der Waals surface area (Å²) in [4.78, 5) is 18.3. The van der Waals surface area contributed by atoms with Gasteiger partial charge < -0.3 is 9.88 Å². The molecule has 0 saturated heterocycles. The van der Waals surface area contributed by atoms with Crippen LogP contribution in [0.1, 0.15) is 23.0 Å². The molecule has 112 valence electrons. The number of carbonyl (C=O) groups is 1. The number of pyridine rings is 1. The minimum absolute atomic E-state index is 0.0281. The number of azide groups is 1. The molecule has 8 heteroatoms. The number of halogens is 1. The fraction of sp³-hybridized carbons (Fsp3) is 0.286. The van der Waals surface area contributed by atoms with Crippen LogP contribution in [0.2, 0.25) is 0 Å². The highest BCUT2D eigenvalue weighted by Crippen LogP contribution is 2.27. The number of nitrogens with one attached hydrogen (secondary N) is 1. The topological polar surface area (TPSA) is 95.7 Å². The van der Waals surface area contributed by atoms with Gasteiger partial charge in [0.05, 0.1) is 6.04 Å². The molecular formula is C14H13FN6O. The van der Waals surface area contributed by atoms with Crippen LogP contribution in [0.25, 0.3) is 21.6 Å². The van der Waals surface area contributed by atoms with Crippen LogP contribution in [-0.4, -0.2) is 28.5 Å². The van der Waals surface area contributed by atoms with Crippen molar-refractivity contribution in [3.05, 3.63) is 52.7 Å². The van der Waals surface area contributed by atoms with Crippen LogP contribution in [0, 0.1) is 5.95 Å². The monoisotopic (exact) mass is 300 g/mol. The van der Waals surface area contributed by atoms with Gasteiger partial charge in [-0.25, -0.2) is 4.98 Å². The lowest BCUT2D eigenvalue weighted by atomic mass is 10.1. The first-order chi connectivity index (χ1) is 10.7. The third-order valence-electron chi connectivity index (χ3n) is 3.66. The van der Waals surface area contributed by atoms with Crippen LogP contribution in [-0.2, 0) is 0 Å². The van der Waals surface area contributed by atoms with Crippen molar-refractivity contribution in [3.8, 4) is 11.1 Å². The van der Waals surface area contributed by atoms with Crippen LogP contribution in [0.5, 0.6) is 0 Å². The zero-order valence-electron chi connectivity index (χ0n) is 11.6. The lowest BCUT2D eigenvalue weighted by Gasteiger charge is -2.25. The van der Waals surface area contributed by atoms with Crippen molar-refractivity contribution >= 4 is 5.91 Å². The van der Waals surface area contributed by atoms with E-state index in [9.17, 15) is 9.18 Å². The maximum Gasteiger partial charge on any atom is 0.268 e. The molecule has 1 aliphatic heterocycles. The number of hydrogen-bond acceptors (Lipinski definition) is 3. The molecule has 0 spiro atoms. The van der Waals surface area contributed by atoms with Crippen molar-refractivity contribution in [3.63, 3.8) is 0 Å². The Balaban J connectivity index is 1.93. The van der Waals surface area contributed by atoms with E-state index in [0.717, 1.165) is 11.1 Å². The quantitative estimate of drug-likeness (QED) is 0.406. The molecule has 0 bridgehead atoms. The number of carbonyl (C=O) groups excluding carboxylic acids is 1. The number of amides is 1. The van der Waals surface area contributed by atoms with Crippen LogP contribution < -0.4 is 5.32 Å². The molecule has 7 nitrogen and oxygen atoms in total. The number of rotatable bonds is 4. The summed E-state index contributed by atoms with van der Waals surface area (Å²) in [5, 5.41) is 6.35. The maximum atomic E-state index is 12.9. The Labute approximate surface area is 125 Å². The molecule has 0 aliphatic carbocycles. The van der Waals surface area contributed by atoms with Gasteiger partial charge in [-0.3, -0.25) is 4.79 Å². The summed E-state index contributed by atoms with van der Waals surface area (Å²) in [5.41, 5.74) is 10.4. The molecule has 1 N–H and O–H groups in total. The van der Waals surface area contributed by atoms with Gasteiger partial charge in [-0.2, -0.15) is 4.39 Å². The molecule has 0 radical (unpaired) electrons. The fourth-order valence-electron chi connectivity index (χ4n) is 2.56. The fourth-order valence-corrected chi connectivity index (χ4v) is 2.56. The van der Waals surface area contributed by atoms with E-state index in [1.807, 2.05) is 10.8 Å². The molecule has 3 rings (SSSR count). The van der Waals surface area contributed by atoms with Crippen molar-refractivity contribution < 1.29 is 9.18 Å². The lowest BCUT2D eigenvalue weighted by molar-refractivity contribution is 0.0913. The molecule has 1 unspecified atom stereocenters. The first kappa shape index (κ1) is 14.1. The predicted octanol–water partition coefficient (Wildman–Crippen LogP) is 2.67. The van der Waals surface area contributed by atoms with E-state index in [2.05, 4.69) is 20.3 Å². The summed E-state index contributed by atoms with van der Waals surface area (Å²) in [6.45, 7) is 0.852. The summed E-state index contributed by atoms with van der Waals surface area (Å²) in [6.07, 6.45) is 3.92. The Morgan fingerprint density at radius 1 is 1.50 bits per heavy atom. The van der Waals surface area contributed by atoms with Gasteiger partial charge in [0, 0.05) is 41.5 Å². The molecular weight excluding hydrogens is 287 g/mol. The highest BCUT2D eigenvalue weighted by Gasteiger charge is 2.25. The van der Waals surface area contributed by atoms with E-state index in [0.29, 0.717) is 25.2 Å². The molecule has 0 saturated carbocycles. The van der Waals surface area contributed by atoms with Gasteiger partial charge in [-0.05, 0) is 30.2 Å². The van der Waals surface area contributed by atoms with Crippen LogP contribution in [0.4, 0.5) is 4.39 Å². The molecule has 2 aromatic heterocycles. The Morgan fingerprint density at radius 3 is 3.09 bits per heavy atom. The summed E-state index contributed by atoms with van der Waals surface area (Å²) in [6, 6.07) is 4.69. The SMILES string of the molecule is [N-]=[N+]=NCCC1CNC(=O)c2cc(-c3ccc(F)nc3)cn21. The molecule has 1 atom stereocenters. The van der Waals surface area contributed by atoms with Crippen molar-refractivity contribution in [2.45, 2.75) is 12.5 Å². The second-order valence-corrected chi connectivity index (χ2v) is 5.00. The van der Waals surface area contributed by atoms with E-state index in [4.69, 9.17) is 5.53 Å². The van der Waals surface area contributed by atoms with Crippen LogP contribution >= 0.6 is 0 Å². The standard InChI is InChI=1S/C14H13FN6O/c15-13-2-1-9(6-17-13)10-5-12-14(22)18-7-11(21(12)8-10)3-4-19-20-16/h1-2,5-6,8,11H,3-4,7H2,(H,18,22). The molecule has 0 fully saturated rings. The Kier molecular flexibility index (Phi) is 3.76. The number of nitrogens with zero attached hydrogens (tertiary/aromatic N) is 5. The van der Waals surface area contributed by atoms with Gasteiger partial charge >= 0.3 is 0 Å². The summed E-state index contributed by atoms with van der Waals surface area (Å²) in [5.74, 6) is -0.695. The second kappa shape index (κ2) is 5.87. The minimum atomic E-state index is -0.544. The third-order valence-corrected chi connectivity index (χ3v) is 3.66. The van der Waals surface area contributed by atoms with Crippen molar-refractivity contribution in [2.24, 2.45) is 5.11 Å². The average molecular weight is 300 g/mol. The molecule has 3 heterocycles. The summed E-state index contributed by atoms with van der Waals surface area (Å²) in [7, 11) is 0.